The van der Waals surface area contributed by atoms with Gasteiger partial charge in [-0.05, 0) is 49.2 Å². The number of nitrogens with two attached hydrogens (primary N) is 2. The van der Waals surface area contributed by atoms with Crippen LogP contribution >= 0.6 is 0 Å². The van der Waals surface area contributed by atoms with Crippen LogP contribution in [0.3, 0.4) is 0 Å². The van der Waals surface area contributed by atoms with Gasteiger partial charge in [0.15, 0.2) is 5.78 Å². The molecule has 2 atom stereocenters. The number of nitrogens with zero attached hydrogens (tertiary/aromatic N) is 2. The van der Waals surface area contributed by atoms with Crippen molar-refractivity contribution in [3.05, 3.63) is 47.5 Å². The lowest BCUT2D eigenvalue weighted by molar-refractivity contribution is -0.121. The van der Waals surface area contributed by atoms with Crippen LogP contribution in [0.15, 0.2) is 36.4 Å². The number of rotatable bonds is 4. The predicted octanol–water partition coefficient (Wildman–Crippen LogP) is 4.09. The Balaban J connectivity index is 1.64. The normalized spacial score (nSPS) is 20.6. The second-order valence-electron chi connectivity index (χ2n) is 10.3. The molecule has 0 fully saturated rings. The number of carbonyl (C=O) groups excluding carboxylic acids is 1. The van der Waals surface area contributed by atoms with E-state index in [-0.39, 0.29) is 28.7 Å². The Hall–Kier alpha value is -2.69. The van der Waals surface area contributed by atoms with E-state index in [1.54, 1.807) is 0 Å². The minimum atomic E-state index is -0.240. The molecule has 160 valence electrons. The Morgan fingerprint density at radius 3 is 1.53 bits per heavy atom. The summed E-state index contributed by atoms with van der Waals surface area (Å²) in [6, 6.07) is 11.6. The van der Waals surface area contributed by atoms with E-state index in [1.165, 1.54) is 11.1 Å². The molecular weight excluding hydrogens is 372 g/mol. The van der Waals surface area contributed by atoms with Gasteiger partial charge < -0.3 is 21.3 Å². The van der Waals surface area contributed by atoms with Crippen LogP contribution in [0.25, 0.3) is 0 Å². The topological polar surface area (TPSA) is 75.6 Å². The molecule has 5 heteroatoms. The van der Waals surface area contributed by atoms with Gasteiger partial charge in [-0.15, -0.1) is 0 Å². The number of anilines is 4. The molecule has 2 aliphatic rings. The maximum absolute atomic E-state index is 13.7. The van der Waals surface area contributed by atoms with Crippen LogP contribution < -0.4 is 21.3 Å². The minimum Gasteiger partial charge on any atom is -0.399 e. The molecule has 2 unspecified atom stereocenters. The van der Waals surface area contributed by atoms with Crippen molar-refractivity contribution < 1.29 is 4.79 Å². The van der Waals surface area contributed by atoms with Gasteiger partial charge in [0.25, 0.3) is 0 Å². The Labute approximate surface area is 180 Å². The van der Waals surface area contributed by atoms with Crippen LogP contribution in [0, 0.1) is 0 Å². The summed E-state index contributed by atoms with van der Waals surface area (Å²) in [7, 11) is 0. The lowest BCUT2D eigenvalue weighted by Gasteiger charge is -2.34. The first-order valence-corrected chi connectivity index (χ1v) is 10.8. The summed E-state index contributed by atoms with van der Waals surface area (Å²) in [6.07, 6.45) is 0. The van der Waals surface area contributed by atoms with Gasteiger partial charge in [0.1, 0.15) is 0 Å². The summed E-state index contributed by atoms with van der Waals surface area (Å²) < 4.78 is 0. The molecule has 30 heavy (non-hydrogen) atoms. The molecule has 2 aliphatic heterocycles. The van der Waals surface area contributed by atoms with Crippen LogP contribution in [0.4, 0.5) is 22.7 Å². The number of carbonyl (C=O) groups is 1. The molecule has 0 saturated heterocycles. The van der Waals surface area contributed by atoms with Crippen LogP contribution in [0.1, 0.15) is 52.7 Å². The standard InChI is InChI=1S/C25H34N4O/c1-15(28-13-24(3,4)19-9-7-17(26)11-21(19)28)23(30)16(2)29-14-25(5,6)20-10-8-18(27)12-22(20)29/h7-12,15-16H,13-14,26-27H2,1-6H3. The Bertz CT molecular complexity index is 931. The molecule has 2 aromatic rings. The summed E-state index contributed by atoms with van der Waals surface area (Å²) in [5.41, 5.74) is 18.3. The van der Waals surface area contributed by atoms with Crippen LogP contribution in [0.5, 0.6) is 0 Å². The second-order valence-corrected chi connectivity index (χ2v) is 10.3. The van der Waals surface area contributed by atoms with Gasteiger partial charge in [-0.3, -0.25) is 4.79 Å². The van der Waals surface area contributed by atoms with Crippen molar-refractivity contribution in [1.29, 1.82) is 0 Å². The zero-order valence-corrected chi connectivity index (χ0v) is 19.0. The van der Waals surface area contributed by atoms with E-state index < -0.39 is 0 Å². The summed E-state index contributed by atoms with van der Waals surface area (Å²) in [5.74, 6) is 0.215. The molecule has 0 aromatic heterocycles. The zero-order chi connectivity index (χ0) is 22.0. The third-order valence-electron chi connectivity index (χ3n) is 7.01. The molecule has 5 nitrogen and oxygen atoms in total. The van der Waals surface area contributed by atoms with E-state index in [4.69, 9.17) is 11.5 Å². The monoisotopic (exact) mass is 406 g/mol. The van der Waals surface area contributed by atoms with Crippen LogP contribution in [-0.2, 0) is 15.6 Å². The maximum Gasteiger partial charge on any atom is 0.176 e. The summed E-state index contributed by atoms with van der Waals surface area (Å²) in [6.45, 7) is 14.6. The van der Waals surface area contributed by atoms with E-state index in [0.717, 1.165) is 35.8 Å². The molecule has 0 spiro atoms. The molecule has 0 bridgehead atoms. The smallest absolute Gasteiger partial charge is 0.176 e. The minimum absolute atomic E-state index is 0.0164. The zero-order valence-electron chi connectivity index (χ0n) is 19.0. The van der Waals surface area contributed by atoms with Gasteiger partial charge in [-0.25, -0.2) is 0 Å². The first-order valence-electron chi connectivity index (χ1n) is 10.8. The molecule has 0 amide bonds. The number of nitrogen functional groups attached to an aromatic ring is 2. The predicted molar refractivity (Wildman–Crippen MR) is 126 cm³/mol. The molecule has 2 heterocycles. The van der Waals surface area contributed by atoms with Crippen molar-refractivity contribution in [1.82, 2.24) is 0 Å². The van der Waals surface area contributed by atoms with Crippen molar-refractivity contribution in [2.75, 3.05) is 34.4 Å². The van der Waals surface area contributed by atoms with E-state index in [0.29, 0.717) is 0 Å². The molecule has 2 aromatic carbocycles. The average Bonchev–Trinajstić information content (AvgIpc) is 3.09. The third kappa shape index (κ3) is 3.11. The second kappa shape index (κ2) is 6.66. The van der Waals surface area contributed by atoms with Gasteiger partial charge in [0.2, 0.25) is 0 Å². The van der Waals surface area contributed by atoms with Crippen molar-refractivity contribution in [2.24, 2.45) is 0 Å². The number of ketones is 1. The van der Waals surface area contributed by atoms with Gasteiger partial charge >= 0.3 is 0 Å². The molecule has 0 radical (unpaired) electrons. The highest BCUT2D eigenvalue weighted by molar-refractivity contribution is 5.95. The Morgan fingerprint density at radius 2 is 1.17 bits per heavy atom. The number of benzene rings is 2. The van der Waals surface area contributed by atoms with E-state index >= 15 is 0 Å². The lowest BCUT2D eigenvalue weighted by atomic mass is 9.87. The van der Waals surface area contributed by atoms with Gasteiger partial charge in [-0.2, -0.15) is 0 Å². The van der Waals surface area contributed by atoms with E-state index in [1.807, 2.05) is 38.1 Å². The molecule has 4 rings (SSSR count). The van der Waals surface area contributed by atoms with E-state index in [9.17, 15) is 4.79 Å². The Kier molecular flexibility index (Phi) is 4.57. The average molecular weight is 407 g/mol. The molecule has 4 N–H and O–H groups in total. The van der Waals surface area contributed by atoms with Crippen LogP contribution in [0.2, 0.25) is 0 Å². The van der Waals surface area contributed by atoms with Crippen molar-refractivity contribution >= 4 is 28.5 Å². The lowest BCUT2D eigenvalue weighted by Crippen LogP contribution is -2.50. The van der Waals surface area contributed by atoms with Gasteiger partial charge in [-0.1, -0.05) is 39.8 Å². The quantitative estimate of drug-likeness (QED) is 0.748. The largest absolute Gasteiger partial charge is 0.399 e. The highest BCUT2D eigenvalue weighted by Crippen LogP contribution is 2.44. The Morgan fingerprint density at radius 1 is 0.800 bits per heavy atom. The highest BCUT2D eigenvalue weighted by Gasteiger charge is 2.43. The maximum atomic E-state index is 13.7. The van der Waals surface area contributed by atoms with Gasteiger partial charge in [0.05, 0.1) is 12.1 Å². The number of fused-ring (bicyclic) bond motifs is 2. The SMILES string of the molecule is CC(C(=O)C(C)N1CC(C)(C)c2ccc(N)cc21)N1CC(C)(C)c2ccc(N)cc21. The van der Waals surface area contributed by atoms with Crippen molar-refractivity contribution in [2.45, 2.75) is 64.5 Å². The first kappa shape index (κ1) is 20.6. The summed E-state index contributed by atoms with van der Waals surface area (Å²) >= 11 is 0. The molecular formula is C25H34N4O. The number of hydrogen-bond acceptors (Lipinski definition) is 5. The van der Waals surface area contributed by atoms with Crippen LogP contribution in [-0.4, -0.2) is 31.0 Å². The molecule has 0 saturated carbocycles. The van der Waals surface area contributed by atoms with Crippen molar-refractivity contribution in [3.8, 4) is 0 Å². The summed E-state index contributed by atoms with van der Waals surface area (Å²) in [5, 5.41) is 0. The van der Waals surface area contributed by atoms with E-state index in [2.05, 4.69) is 49.6 Å². The fourth-order valence-electron chi connectivity index (χ4n) is 5.26. The fraction of sp³-hybridized carbons (Fsp3) is 0.480. The fourth-order valence-corrected chi connectivity index (χ4v) is 5.26. The molecule has 0 aliphatic carbocycles. The highest BCUT2D eigenvalue weighted by atomic mass is 16.1. The third-order valence-corrected chi connectivity index (χ3v) is 7.01. The van der Waals surface area contributed by atoms with Gasteiger partial charge in [0, 0.05) is 46.7 Å². The number of Topliss-reactive ketones (excluding diaryl/α,β-unsaturated/α-hetero) is 1. The summed E-state index contributed by atoms with van der Waals surface area (Å²) in [4.78, 5) is 18.1. The first-order chi connectivity index (χ1) is 13.9. The number of hydrogen-bond donors (Lipinski definition) is 2. The van der Waals surface area contributed by atoms with Crippen molar-refractivity contribution in [3.63, 3.8) is 0 Å².